The molecule has 0 bridgehead atoms. The van der Waals surface area contributed by atoms with E-state index in [1.165, 1.54) is 11.1 Å². The average Bonchev–Trinajstić information content (AvgIpc) is 2.27. The Morgan fingerprint density at radius 3 is 3.13 bits per heavy atom. The predicted molar refractivity (Wildman–Crippen MR) is 58.9 cm³/mol. The van der Waals surface area contributed by atoms with Crippen LogP contribution >= 0.6 is 0 Å². The van der Waals surface area contributed by atoms with Gasteiger partial charge in [-0.2, -0.15) is 0 Å². The minimum atomic E-state index is 0.0513. The number of ether oxygens (including phenoxy) is 1. The summed E-state index contributed by atoms with van der Waals surface area (Å²) in [6.45, 7) is 0.404. The van der Waals surface area contributed by atoms with Gasteiger partial charge in [0, 0.05) is 6.04 Å². The van der Waals surface area contributed by atoms with Crippen molar-refractivity contribution in [2.75, 3.05) is 13.2 Å². The third-order valence-corrected chi connectivity index (χ3v) is 2.86. The highest BCUT2D eigenvalue weighted by Crippen LogP contribution is 2.33. The fourth-order valence-electron chi connectivity index (χ4n) is 2.14. The van der Waals surface area contributed by atoms with Gasteiger partial charge in [-0.1, -0.05) is 12.1 Å². The summed E-state index contributed by atoms with van der Waals surface area (Å²) in [5, 5.41) is 8.73. The van der Waals surface area contributed by atoms with E-state index < -0.39 is 0 Å². The van der Waals surface area contributed by atoms with Gasteiger partial charge in [0.25, 0.3) is 0 Å². The van der Waals surface area contributed by atoms with Gasteiger partial charge in [0.1, 0.15) is 12.4 Å². The van der Waals surface area contributed by atoms with Crippen molar-refractivity contribution in [2.45, 2.75) is 25.3 Å². The number of aliphatic hydroxyl groups is 1. The number of aliphatic hydroxyl groups excluding tert-OH is 1. The molecule has 1 atom stereocenters. The molecule has 0 amide bonds. The second kappa shape index (κ2) is 4.64. The van der Waals surface area contributed by atoms with Gasteiger partial charge in [-0.3, -0.25) is 0 Å². The highest BCUT2D eigenvalue weighted by molar-refractivity contribution is 5.43. The number of rotatable bonds is 3. The van der Waals surface area contributed by atoms with Crippen LogP contribution in [0.5, 0.6) is 5.75 Å². The molecule has 3 heteroatoms. The molecule has 0 heterocycles. The van der Waals surface area contributed by atoms with E-state index in [1.807, 2.05) is 12.1 Å². The molecule has 0 saturated carbocycles. The zero-order valence-corrected chi connectivity index (χ0v) is 8.78. The van der Waals surface area contributed by atoms with Crippen molar-refractivity contribution in [3.05, 3.63) is 29.3 Å². The fourth-order valence-corrected chi connectivity index (χ4v) is 2.14. The lowest BCUT2D eigenvalue weighted by Gasteiger charge is -2.24. The summed E-state index contributed by atoms with van der Waals surface area (Å²) >= 11 is 0. The molecule has 2 rings (SSSR count). The largest absolute Gasteiger partial charge is 0.491 e. The van der Waals surface area contributed by atoms with Crippen LogP contribution in [0.15, 0.2) is 18.2 Å². The minimum Gasteiger partial charge on any atom is -0.491 e. The number of hydrogen-bond donors (Lipinski definition) is 2. The maximum atomic E-state index is 8.73. The van der Waals surface area contributed by atoms with Crippen molar-refractivity contribution in [1.82, 2.24) is 0 Å². The molecule has 82 valence electrons. The lowest BCUT2D eigenvalue weighted by molar-refractivity contribution is 0.199. The van der Waals surface area contributed by atoms with Crippen LogP contribution in [0.4, 0.5) is 0 Å². The van der Waals surface area contributed by atoms with Crippen molar-refractivity contribution >= 4 is 0 Å². The van der Waals surface area contributed by atoms with E-state index in [2.05, 4.69) is 6.07 Å². The van der Waals surface area contributed by atoms with Gasteiger partial charge in [-0.25, -0.2) is 0 Å². The zero-order chi connectivity index (χ0) is 10.7. The standard InChI is InChI=1S/C12H17NO2/c13-11-5-1-4-10-9(11)3-2-6-12(10)15-8-7-14/h2-3,6,11,14H,1,4-5,7-8,13H2. The minimum absolute atomic E-state index is 0.0513. The van der Waals surface area contributed by atoms with Crippen molar-refractivity contribution in [3.63, 3.8) is 0 Å². The first kappa shape index (κ1) is 10.5. The van der Waals surface area contributed by atoms with Crippen LogP contribution in [0.2, 0.25) is 0 Å². The highest BCUT2D eigenvalue weighted by Gasteiger charge is 2.19. The third kappa shape index (κ3) is 2.13. The first-order valence-corrected chi connectivity index (χ1v) is 5.44. The summed E-state index contributed by atoms with van der Waals surface area (Å²) in [6, 6.07) is 6.14. The number of fused-ring (bicyclic) bond motifs is 1. The Hall–Kier alpha value is -1.06. The maximum Gasteiger partial charge on any atom is 0.122 e. The smallest absolute Gasteiger partial charge is 0.122 e. The summed E-state index contributed by atoms with van der Waals surface area (Å²) < 4.78 is 5.50. The Bertz CT molecular complexity index is 338. The monoisotopic (exact) mass is 207 g/mol. The van der Waals surface area contributed by atoms with Gasteiger partial charge < -0.3 is 15.6 Å². The number of hydrogen-bond acceptors (Lipinski definition) is 3. The topological polar surface area (TPSA) is 55.5 Å². The van der Waals surface area contributed by atoms with Crippen LogP contribution in [0.3, 0.4) is 0 Å². The molecular formula is C12H17NO2. The van der Waals surface area contributed by atoms with E-state index in [1.54, 1.807) is 0 Å². The predicted octanol–water partition coefficient (Wildman–Crippen LogP) is 1.39. The maximum absolute atomic E-state index is 8.73. The van der Waals surface area contributed by atoms with Crippen LogP contribution in [0.25, 0.3) is 0 Å². The van der Waals surface area contributed by atoms with E-state index >= 15 is 0 Å². The summed E-state index contributed by atoms with van der Waals surface area (Å²) in [5.74, 6) is 0.886. The van der Waals surface area contributed by atoms with Crippen molar-refractivity contribution in [1.29, 1.82) is 0 Å². The molecule has 0 aromatic heterocycles. The van der Waals surface area contributed by atoms with Crippen LogP contribution < -0.4 is 10.5 Å². The first-order valence-electron chi connectivity index (χ1n) is 5.44. The van der Waals surface area contributed by atoms with Crippen LogP contribution in [0, 0.1) is 0 Å². The van der Waals surface area contributed by atoms with E-state index in [0.717, 1.165) is 25.0 Å². The first-order chi connectivity index (χ1) is 7.33. The van der Waals surface area contributed by atoms with Gasteiger partial charge in [0.2, 0.25) is 0 Å². The molecule has 1 aliphatic rings. The lowest BCUT2D eigenvalue weighted by Crippen LogP contribution is -2.18. The van der Waals surface area contributed by atoms with Gasteiger partial charge in [-0.15, -0.1) is 0 Å². The van der Waals surface area contributed by atoms with Gasteiger partial charge in [0.15, 0.2) is 0 Å². The molecule has 3 nitrogen and oxygen atoms in total. The van der Waals surface area contributed by atoms with E-state index in [-0.39, 0.29) is 12.6 Å². The van der Waals surface area contributed by atoms with Crippen molar-refractivity contribution < 1.29 is 9.84 Å². The molecule has 0 spiro atoms. The number of benzene rings is 1. The molecule has 1 aliphatic carbocycles. The summed E-state index contributed by atoms with van der Waals surface area (Å²) in [5.41, 5.74) is 8.47. The number of nitrogens with two attached hydrogens (primary N) is 1. The molecule has 1 unspecified atom stereocenters. The van der Waals surface area contributed by atoms with Gasteiger partial charge in [-0.05, 0) is 36.5 Å². The second-order valence-electron chi connectivity index (χ2n) is 3.89. The molecule has 0 fully saturated rings. The average molecular weight is 207 g/mol. The lowest BCUT2D eigenvalue weighted by atomic mass is 9.88. The summed E-state index contributed by atoms with van der Waals surface area (Å²) in [4.78, 5) is 0. The molecule has 0 radical (unpaired) electrons. The molecule has 0 saturated heterocycles. The van der Waals surface area contributed by atoms with Crippen molar-refractivity contribution in [3.8, 4) is 5.75 Å². The van der Waals surface area contributed by atoms with E-state index in [4.69, 9.17) is 15.6 Å². The Morgan fingerprint density at radius 2 is 2.33 bits per heavy atom. The molecule has 3 N–H and O–H groups in total. The van der Waals surface area contributed by atoms with Crippen LogP contribution in [-0.4, -0.2) is 18.3 Å². The Morgan fingerprint density at radius 1 is 1.47 bits per heavy atom. The molecule has 0 aliphatic heterocycles. The zero-order valence-electron chi connectivity index (χ0n) is 8.78. The van der Waals surface area contributed by atoms with Crippen molar-refractivity contribution in [2.24, 2.45) is 5.73 Å². The molecule has 15 heavy (non-hydrogen) atoms. The van der Waals surface area contributed by atoms with Crippen LogP contribution in [0.1, 0.15) is 30.0 Å². The quantitative estimate of drug-likeness (QED) is 0.787. The second-order valence-corrected chi connectivity index (χ2v) is 3.89. The highest BCUT2D eigenvalue weighted by atomic mass is 16.5. The Kier molecular flexibility index (Phi) is 3.23. The molecular weight excluding hydrogens is 190 g/mol. The van der Waals surface area contributed by atoms with E-state index in [0.29, 0.717) is 6.61 Å². The Balaban J connectivity index is 2.27. The molecule has 1 aromatic carbocycles. The third-order valence-electron chi connectivity index (χ3n) is 2.86. The van der Waals surface area contributed by atoms with Gasteiger partial charge >= 0.3 is 0 Å². The van der Waals surface area contributed by atoms with Crippen LogP contribution in [-0.2, 0) is 6.42 Å². The van der Waals surface area contributed by atoms with Gasteiger partial charge in [0.05, 0.1) is 6.61 Å². The van der Waals surface area contributed by atoms with E-state index in [9.17, 15) is 0 Å². The fraction of sp³-hybridized carbons (Fsp3) is 0.500. The molecule has 1 aromatic rings. The summed E-state index contributed by atoms with van der Waals surface area (Å²) in [6.07, 6.45) is 3.20. The normalized spacial score (nSPS) is 19.7. The summed E-state index contributed by atoms with van der Waals surface area (Å²) in [7, 11) is 0. The SMILES string of the molecule is NC1CCCc2c(OCCO)cccc21. The Labute approximate surface area is 89.9 Å².